The molecule has 0 spiro atoms. The summed E-state index contributed by atoms with van der Waals surface area (Å²) in [5.41, 5.74) is -0.559. The monoisotopic (exact) mass is 482 g/mol. The Balaban J connectivity index is 1.41. The van der Waals surface area contributed by atoms with E-state index in [0.29, 0.717) is 37.5 Å². The van der Waals surface area contributed by atoms with E-state index >= 15 is 0 Å². The Kier molecular flexibility index (Phi) is 6.98. The van der Waals surface area contributed by atoms with Crippen LogP contribution < -0.4 is 0 Å². The lowest BCUT2D eigenvalue weighted by atomic mass is 9.44. The molecule has 4 aliphatic rings. The smallest absolute Gasteiger partial charge is 0.338 e. The van der Waals surface area contributed by atoms with Gasteiger partial charge in [0.15, 0.2) is 12.4 Å². The lowest BCUT2D eigenvalue weighted by Crippen LogP contribution is -2.59. The zero-order valence-electron chi connectivity index (χ0n) is 19.9. The number of esters is 1. The minimum absolute atomic E-state index is 0.00793. The van der Waals surface area contributed by atoms with Gasteiger partial charge in [-0.1, -0.05) is 13.8 Å². The second kappa shape index (κ2) is 9.24. The van der Waals surface area contributed by atoms with Gasteiger partial charge in [-0.25, -0.2) is 4.79 Å². The minimum Gasteiger partial charge on any atom is -0.460 e. The van der Waals surface area contributed by atoms with Crippen LogP contribution in [0.4, 0.5) is 0 Å². The van der Waals surface area contributed by atoms with Crippen LogP contribution in [0.15, 0.2) is 0 Å². The summed E-state index contributed by atoms with van der Waals surface area (Å²) in [6.07, 6.45) is -3.41. The minimum atomic E-state index is -2.09. The third-order valence-corrected chi connectivity index (χ3v) is 9.95. The van der Waals surface area contributed by atoms with Crippen molar-refractivity contribution in [1.82, 2.24) is 0 Å². The Labute approximate surface area is 199 Å². The molecule has 34 heavy (non-hydrogen) atoms. The van der Waals surface area contributed by atoms with E-state index in [1.807, 2.05) is 6.92 Å². The highest BCUT2D eigenvalue weighted by Crippen LogP contribution is 2.65. The maximum Gasteiger partial charge on any atom is 0.338 e. The highest BCUT2D eigenvalue weighted by molar-refractivity contribution is 5.87. The highest BCUT2D eigenvalue weighted by atomic mass is 16.6. The summed E-state index contributed by atoms with van der Waals surface area (Å²) >= 11 is 0. The van der Waals surface area contributed by atoms with Crippen LogP contribution in [0.3, 0.4) is 0 Å². The summed E-state index contributed by atoms with van der Waals surface area (Å²) in [4.78, 5) is 35.6. The van der Waals surface area contributed by atoms with Gasteiger partial charge in [-0.15, -0.1) is 0 Å². The number of aliphatic hydroxyl groups excluding tert-OH is 5. The first-order valence-electron chi connectivity index (χ1n) is 12.5. The van der Waals surface area contributed by atoms with Crippen LogP contribution >= 0.6 is 0 Å². The largest absolute Gasteiger partial charge is 0.460 e. The Morgan fingerprint density at radius 3 is 2.47 bits per heavy atom. The summed E-state index contributed by atoms with van der Waals surface area (Å²) in [6.45, 7) is 4.24. The number of aldehydes is 1. The zero-order valence-corrected chi connectivity index (χ0v) is 19.9. The molecule has 0 aromatic carbocycles. The van der Waals surface area contributed by atoms with Gasteiger partial charge in [0, 0.05) is 11.8 Å². The van der Waals surface area contributed by atoms with E-state index in [2.05, 4.69) is 6.92 Å². The average Bonchev–Trinajstić information content (AvgIpc) is 3.10. The van der Waals surface area contributed by atoms with Crippen molar-refractivity contribution >= 4 is 18.0 Å². The second-order valence-corrected chi connectivity index (χ2v) is 11.6. The number of rotatable bonds is 6. The van der Waals surface area contributed by atoms with E-state index in [1.54, 1.807) is 0 Å². The van der Waals surface area contributed by atoms with Gasteiger partial charge < -0.3 is 35.1 Å². The molecular formula is C25H38O9. The number of ether oxygens (including phenoxy) is 1. The van der Waals surface area contributed by atoms with Crippen molar-refractivity contribution in [3.8, 4) is 0 Å². The summed E-state index contributed by atoms with van der Waals surface area (Å²) in [5.74, 6) is 0.101. The van der Waals surface area contributed by atoms with Crippen LogP contribution in [0.25, 0.3) is 0 Å². The molecule has 9 nitrogen and oxygen atoms in total. The van der Waals surface area contributed by atoms with Crippen molar-refractivity contribution in [3.05, 3.63) is 0 Å². The van der Waals surface area contributed by atoms with Gasteiger partial charge in [0.2, 0.25) is 0 Å². The fourth-order valence-electron chi connectivity index (χ4n) is 8.07. The van der Waals surface area contributed by atoms with Crippen molar-refractivity contribution in [2.45, 2.75) is 102 Å². The maximum absolute atomic E-state index is 12.6. The molecule has 1 unspecified atom stereocenters. The molecule has 12 atom stereocenters. The summed E-state index contributed by atoms with van der Waals surface area (Å²) < 4.78 is 5.46. The van der Waals surface area contributed by atoms with Crippen molar-refractivity contribution in [2.75, 3.05) is 0 Å². The predicted molar refractivity (Wildman–Crippen MR) is 118 cm³/mol. The Bertz CT molecular complexity index is 816. The molecule has 4 fully saturated rings. The van der Waals surface area contributed by atoms with Crippen molar-refractivity contribution < 1.29 is 44.7 Å². The molecule has 9 heteroatoms. The first-order valence-corrected chi connectivity index (χ1v) is 12.5. The van der Waals surface area contributed by atoms with E-state index in [-0.39, 0.29) is 29.3 Å². The standard InChI is InChI=1S/C25H38O9/c1-24-8-7-13(34-23(33)22(32)21(31)20(30)17(28)11-26)9-12(24)3-4-14-15-5-6-18(29)25(15,2)10-16(27)19(14)24/h11-17,19-22,27-28,30-32H,3-10H2,1-2H3/t12-,13+,14-,15-,16?,17-,19+,20+,21-,22-,24-,25-/m0/s1. The van der Waals surface area contributed by atoms with Crippen LogP contribution in [-0.4, -0.2) is 80.2 Å². The van der Waals surface area contributed by atoms with Gasteiger partial charge in [0.1, 0.15) is 30.2 Å². The first kappa shape index (κ1) is 25.7. The zero-order chi connectivity index (χ0) is 25.0. The molecule has 0 amide bonds. The quantitative estimate of drug-likeness (QED) is 0.262. The van der Waals surface area contributed by atoms with Crippen molar-refractivity contribution in [3.63, 3.8) is 0 Å². The number of Topliss-reactive ketones (excluding diaryl/α,β-unsaturated/α-hetero) is 1. The highest BCUT2D eigenvalue weighted by Gasteiger charge is 2.63. The second-order valence-electron chi connectivity index (χ2n) is 11.6. The van der Waals surface area contributed by atoms with Crippen LogP contribution in [0.1, 0.15) is 65.2 Å². The topological polar surface area (TPSA) is 162 Å². The molecule has 4 saturated carbocycles. The number of ketones is 1. The number of carbonyl (C=O) groups is 3. The number of hydrogen-bond donors (Lipinski definition) is 5. The normalized spacial score (nSPS) is 45.2. The van der Waals surface area contributed by atoms with Gasteiger partial charge in [-0.05, 0) is 74.0 Å². The molecule has 4 aliphatic carbocycles. The summed E-state index contributed by atoms with van der Waals surface area (Å²) in [5, 5.41) is 50.2. The Hall–Kier alpha value is -1.39. The van der Waals surface area contributed by atoms with Crippen LogP contribution in [0.5, 0.6) is 0 Å². The molecule has 0 saturated heterocycles. The average molecular weight is 483 g/mol. The first-order chi connectivity index (χ1) is 15.9. The van der Waals surface area contributed by atoms with E-state index in [4.69, 9.17) is 4.74 Å². The van der Waals surface area contributed by atoms with E-state index < -0.39 is 48.0 Å². The van der Waals surface area contributed by atoms with Gasteiger partial charge in [-0.2, -0.15) is 0 Å². The maximum atomic E-state index is 12.6. The molecule has 0 radical (unpaired) electrons. The predicted octanol–water partition coefficient (Wildman–Crippen LogP) is 0.123. The number of hydrogen-bond acceptors (Lipinski definition) is 9. The van der Waals surface area contributed by atoms with Crippen LogP contribution in [-0.2, 0) is 19.1 Å². The van der Waals surface area contributed by atoms with Gasteiger partial charge in [0.25, 0.3) is 0 Å². The molecule has 0 bridgehead atoms. The fraction of sp³-hybridized carbons (Fsp3) is 0.880. The lowest BCUT2D eigenvalue weighted by Gasteiger charge is -2.61. The molecule has 0 aromatic heterocycles. The SMILES string of the molecule is C[C@]12CC[C@@H](OC(=O)[C@@H](O)[C@@H](O)[C@H](O)[C@@H](O)C=O)C[C@@H]1CC[C@@H]1[C@@H]2C(O)C[C@]2(C)C(=O)CC[C@@H]12. The van der Waals surface area contributed by atoms with Crippen LogP contribution in [0.2, 0.25) is 0 Å². The number of fused-ring (bicyclic) bond motifs is 5. The number of carbonyl (C=O) groups excluding carboxylic acids is 3. The van der Waals surface area contributed by atoms with Gasteiger partial charge in [-0.3, -0.25) is 4.79 Å². The van der Waals surface area contributed by atoms with Gasteiger partial charge >= 0.3 is 5.97 Å². The van der Waals surface area contributed by atoms with Crippen molar-refractivity contribution in [2.24, 2.45) is 34.5 Å². The van der Waals surface area contributed by atoms with E-state index in [9.17, 15) is 39.9 Å². The summed E-state index contributed by atoms with van der Waals surface area (Å²) in [6, 6.07) is 0. The molecule has 0 heterocycles. The third-order valence-electron chi connectivity index (χ3n) is 9.95. The van der Waals surface area contributed by atoms with Gasteiger partial charge in [0.05, 0.1) is 6.10 Å². The molecule has 192 valence electrons. The molecular weight excluding hydrogens is 444 g/mol. The van der Waals surface area contributed by atoms with Crippen LogP contribution in [0, 0.1) is 34.5 Å². The molecule has 0 aliphatic heterocycles. The fourth-order valence-corrected chi connectivity index (χ4v) is 8.07. The third kappa shape index (κ3) is 4.03. The number of aliphatic hydroxyl groups is 5. The van der Waals surface area contributed by atoms with E-state index in [1.165, 1.54) is 0 Å². The van der Waals surface area contributed by atoms with Crippen molar-refractivity contribution in [1.29, 1.82) is 0 Å². The molecule has 5 N–H and O–H groups in total. The molecule has 4 rings (SSSR count). The Morgan fingerprint density at radius 1 is 1.09 bits per heavy atom. The molecule has 0 aromatic rings. The lowest BCUT2D eigenvalue weighted by molar-refractivity contribution is -0.191. The summed E-state index contributed by atoms with van der Waals surface area (Å²) in [7, 11) is 0. The Morgan fingerprint density at radius 2 is 1.79 bits per heavy atom. The van der Waals surface area contributed by atoms with E-state index in [0.717, 1.165) is 25.7 Å².